The van der Waals surface area contributed by atoms with Crippen molar-refractivity contribution in [1.29, 1.82) is 0 Å². The lowest BCUT2D eigenvalue weighted by molar-refractivity contribution is 0.145. The number of hydrogen-bond donors (Lipinski definition) is 1. The van der Waals surface area contributed by atoms with Crippen LogP contribution in [0.15, 0.2) is 24.3 Å². The van der Waals surface area contributed by atoms with Gasteiger partial charge in [0.05, 0.1) is 13.2 Å². The molecule has 0 saturated carbocycles. The Morgan fingerprint density at radius 3 is 2.59 bits per heavy atom. The molecule has 3 heteroatoms. The average molecular weight is 237 g/mol. The van der Waals surface area contributed by atoms with Crippen LogP contribution in [0, 0.1) is 0 Å². The Morgan fingerprint density at radius 1 is 1.29 bits per heavy atom. The summed E-state index contributed by atoms with van der Waals surface area (Å²) in [5.74, 6) is 0.796. The van der Waals surface area contributed by atoms with Gasteiger partial charge in [-0.2, -0.15) is 0 Å². The summed E-state index contributed by atoms with van der Waals surface area (Å²) in [6, 6.07) is 7.64. The first kappa shape index (κ1) is 14.0. The van der Waals surface area contributed by atoms with Crippen LogP contribution in [0.3, 0.4) is 0 Å². The van der Waals surface area contributed by atoms with Gasteiger partial charge in [0.2, 0.25) is 0 Å². The maximum absolute atomic E-state index is 10.1. The summed E-state index contributed by atoms with van der Waals surface area (Å²) >= 11 is 0. The number of ether oxygens (including phenoxy) is 1. The van der Waals surface area contributed by atoms with Crippen LogP contribution in [0.2, 0.25) is 0 Å². The van der Waals surface area contributed by atoms with Crippen LogP contribution in [0.5, 0.6) is 5.75 Å². The van der Waals surface area contributed by atoms with Crippen LogP contribution in [0.25, 0.3) is 0 Å². The molecule has 1 aromatic rings. The molecule has 0 aliphatic heterocycles. The monoisotopic (exact) mass is 237 g/mol. The highest BCUT2D eigenvalue weighted by Gasteiger charge is 2.10. The smallest absolute Gasteiger partial charge is 0.119 e. The zero-order valence-electron chi connectivity index (χ0n) is 11.0. The van der Waals surface area contributed by atoms with Gasteiger partial charge in [0.1, 0.15) is 5.75 Å². The Morgan fingerprint density at radius 2 is 2.00 bits per heavy atom. The van der Waals surface area contributed by atoms with E-state index in [-0.39, 0.29) is 0 Å². The molecular formula is C14H23NO2. The highest BCUT2D eigenvalue weighted by Crippen LogP contribution is 2.21. The van der Waals surface area contributed by atoms with E-state index in [1.165, 1.54) is 0 Å². The van der Waals surface area contributed by atoms with Crippen molar-refractivity contribution in [2.75, 3.05) is 26.7 Å². The summed E-state index contributed by atoms with van der Waals surface area (Å²) in [5.41, 5.74) is 0.927. The van der Waals surface area contributed by atoms with Gasteiger partial charge < -0.3 is 14.7 Å². The van der Waals surface area contributed by atoms with Gasteiger partial charge in [0.15, 0.2) is 0 Å². The van der Waals surface area contributed by atoms with Gasteiger partial charge in [-0.15, -0.1) is 0 Å². The minimum Gasteiger partial charge on any atom is -0.497 e. The van der Waals surface area contributed by atoms with E-state index in [1.54, 1.807) is 7.11 Å². The van der Waals surface area contributed by atoms with Crippen LogP contribution in [0.4, 0.5) is 0 Å². The van der Waals surface area contributed by atoms with Crippen molar-refractivity contribution in [3.8, 4) is 5.75 Å². The highest BCUT2D eigenvalue weighted by atomic mass is 16.5. The van der Waals surface area contributed by atoms with Crippen molar-refractivity contribution in [1.82, 2.24) is 4.90 Å². The molecule has 0 amide bonds. The Hall–Kier alpha value is -1.06. The van der Waals surface area contributed by atoms with Crippen LogP contribution < -0.4 is 4.74 Å². The fourth-order valence-electron chi connectivity index (χ4n) is 1.86. The normalized spacial score (nSPS) is 12.8. The summed E-state index contributed by atoms with van der Waals surface area (Å²) in [4.78, 5) is 2.31. The second-order valence-electron chi connectivity index (χ2n) is 4.11. The molecule has 0 heterocycles. The van der Waals surface area contributed by atoms with Crippen molar-refractivity contribution in [2.24, 2.45) is 0 Å². The summed E-state index contributed by atoms with van der Waals surface area (Å²) in [6.07, 6.45) is 0.347. The number of aliphatic hydroxyl groups excluding tert-OH is 1. The van der Waals surface area contributed by atoms with Crippen molar-refractivity contribution >= 4 is 0 Å². The molecular weight excluding hydrogens is 214 g/mol. The van der Waals surface area contributed by atoms with Gasteiger partial charge in [-0.25, -0.2) is 0 Å². The first-order chi connectivity index (χ1) is 8.21. The number of aliphatic hydroxyl groups is 1. The van der Waals surface area contributed by atoms with E-state index in [2.05, 4.69) is 18.7 Å². The average Bonchev–Trinajstić information content (AvgIpc) is 2.39. The predicted octanol–water partition coefficient (Wildman–Crippen LogP) is 2.46. The molecule has 1 N–H and O–H groups in total. The van der Waals surface area contributed by atoms with Crippen molar-refractivity contribution in [3.05, 3.63) is 29.8 Å². The van der Waals surface area contributed by atoms with E-state index in [4.69, 9.17) is 4.74 Å². The second kappa shape index (κ2) is 7.30. The maximum atomic E-state index is 10.1. The summed E-state index contributed by atoms with van der Waals surface area (Å²) in [7, 11) is 1.64. The number of hydrogen-bond acceptors (Lipinski definition) is 3. The second-order valence-corrected chi connectivity index (χ2v) is 4.11. The van der Waals surface area contributed by atoms with E-state index < -0.39 is 6.10 Å². The summed E-state index contributed by atoms with van der Waals surface area (Å²) < 4.78 is 5.15. The summed E-state index contributed by atoms with van der Waals surface area (Å²) in [5, 5.41) is 10.1. The van der Waals surface area contributed by atoms with Gasteiger partial charge >= 0.3 is 0 Å². The minimum absolute atomic E-state index is 0.411. The van der Waals surface area contributed by atoms with Gasteiger partial charge in [0.25, 0.3) is 0 Å². The van der Waals surface area contributed by atoms with Crippen LogP contribution in [-0.2, 0) is 0 Å². The van der Waals surface area contributed by atoms with E-state index in [0.717, 1.165) is 37.4 Å². The number of benzene rings is 1. The summed E-state index contributed by atoms with van der Waals surface area (Å²) in [6.45, 7) is 7.26. The molecule has 1 atom stereocenters. The standard InChI is InChI=1S/C14H23NO2/c1-4-15(5-2)10-9-14(16)12-7-6-8-13(11-12)17-3/h6-8,11,14,16H,4-5,9-10H2,1-3H3. The van der Waals surface area contributed by atoms with E-state index in [0.29, 0.717) is 0 Å². The van der Waals surface area contributed by atoms with Crippen molar-refractivity contribution in [2.45, 2.75) is 26.4 Å². The molecule has 0 radical (unpaired) electrons. The molecule has 0 bridgehead atoms. The fourth-order valence-corrected chi connectivity index (χ4v) is 1.86. The lowest BCUT2D eigenvalue weighted by atomic mass is 10.1. The molecule has 0 aliphatic rings. The third kappa shape index (κ3) is 4.36. The van der Waals surface area contributed by atoms with Crippen LogP contribution >= 0.6 is 0 Å². The Bertz CT molecular complexity index is 324. The molecule has 17 heavy (non-hydrogen) atoms. The molecule has 1 unspecified atom stereocenters. The zero-order chi connectivity index (χ0) is 12.7. The van der Waals surface area contributed by atoms with Gasteiger partial charge in [-0.3, -0.25) is 0 Å². The molecule has 0 aliphatic carbocycles. The van der Waals surface area contributed by atoms with Gasteiger partial charge in [-0.05, 0) is 37.2 Å². The molecule has 1 rings (SSSR count). The third-order valence-electron chi connectivity index (χ3n) is 3.09. The Balaban J connectivity index is 2.53. The molecule has 0 fully saturated rings. The number of rotatable bonds is 7. The minimum atomic E-state index is -0.411. The molecule has 1 aromatic carbocycles. The van der Waals surface area contributed by atoms with E-state index in [9.17, 15) is 5.11 Å². The predicted molar refractivity (Wildman–Crippen MR) is 70.4 cm³/mol. The maximum Gasteiger partial charge on any atom is 0.119 e. The lowest BCUT2D eigenvalue weighted by Crippen LogP contribution is -2.25. The lowest BCUT2D eigenvalue weighted by Gasteiger charge is -2.20. The van der Waals surface area contributed by atoms with Gasteiger partial charge in [-0.1, -0.05) is 26.0 Å². The highest BCUT2D eigenvalue weighted by molar-refractivity contribution is 5.29. The van der Waals surface area contributed by atoms with Crippen molar-refractivity contribution < 1.29 is 9.84 Å². The fraction of sp³-hybridized carbons (Fsp3) is 0.571. The molecule has 96 valence electrons. The third-order valence-corrected chi connectivity index (χ3v) is 3.09. The largest absolute Gasteiger partial charge is 0.497 e. The number of methoxy groups -OCH3 is 1. The SMILES string of the molecule is CCN(CC)CCC(O)c1cccc(OC)c1. The first-order valence-corrected chi connectivity index (χ1v) is 6.25. The van der Waals surface area contributed by atoms with Crippen LogP contribution in [-0.4, -0.2) is 36.8 Å². The van der Waals surface area contributed by atoms with E-state index >= 15 is 0 Å². The molecule has 0 aromatic heterocycles. The Labute approximate surface area is 104 Å². The van der Waals surface area contributed by atoms with Gasteiger partial charge in [0, 0.05) is 6.54 Å². The quantitative estimate of drug-likeness (QED) is 0.790. The molecule has 0 spiro atoms. The van der Waals surface area contributed by atoms with E-state index in [1.807, 2.05) is 24.3 Å². The first-order valence-electron chi connectivity index (χ1n) is 6.25. The molecule has 3 nitrogen and oxygen atoms in total. The molecule has 0 saturated heterocycles. The van der Waals surface area contributed by atoms with Crippen LogP contribution in [0.1, 0.15) is 31.9 Å². The zero-order valence-corrected chi connectivity index (χ0v) is 11.0. The number of nitrogens with zero attached hydrogens (tertiary/aromatic N) is 1. The van der Waals surface area contributed by atoms with Crippen molar-refractivity contribution in [3.63, 3.8) is 0 Å². The topological polar surface area (TPSA) is 32.7 Å². The Kier molecular flexibility index (Phi) is 6.01.